The van der Waals surface area contributed by atoms with Crippen LogP contribution in [0.25, 0.3) is 11.1 Å². The van der Waals surface area contributed by atoms with E-state index in [9.17, 15) is 24.3 Å². The maximum atomic E-state index is 14.1. The Labute approximate surface area is 314 Å². The first-order chi connectivity index (χ1) is 25.6. The molecule has 2 aliphatic rings. The molecule has 3 unspecified atom stereocenters. The number of piperidine rings is 1. The van der Waals surface area contributed by atoms with E-state index in [1.165, 1.54) is 7.11 Å². The number of halogens is 1. The molecule has 6 rings (SSSR count). The molecule has 0 radical (unpaired) electrons. The van der Waals surface area contributed by atoms with Crippen molar-refractivity contribution in [3.05, 3.63) is 130 Å². The lowest BCUT2D eigenvalue weighted by Crippen LogP contribution is -2.64. The summed E-state index contributed by atoms with van der Waals surface area (Å²) in [5.74, 6) is -2.76. The Morgan fingerprint density at radius 1 is 0.887 bits per heavy atom. The zero-order chi connectivity index (χ0) is 37.4. The third-order valence-corrected chi connectivity index (χ3v) is 10.4. The summed E-state index contributed by atoms with van der Waals surface area (Å²) < 4.78 is 11.1. The largest absolute Gasteiger partial charge is 0.481 e. The number of carboxylic acid groups (broad SMARTS) is 1. The first-order valence-electron chi connectivity index (χ1n) is 17.9. The second-order valence-electron chi connectivity index (χ2n) is 13.9. The quantitative estimate of drug-likeness (QED) is 0.139. The summed E-state index contributed by atoms with van der Waals surface area (Å²) in [5.41, 5.74) is 5.18. The van der Waals surface area contributed by atoms with E-state index in [-0.39, 0.29) is 44.4 Å². The Bertz CT molecular complexity index is 1880. The van der Waals surface area contributed by atoms with Crippen LogP contribution in [0.1, 0.15) is 47.4 Å². The van der Waals surface area contributed by atoms with E-state index in [1.807, 2.05) is 78.9 Å². The molecule has 0 spiro atoms. The Morgan fingerprint density at radius 2 is 1.53 bits per heavy atom. The summed E-state index contributed by atoms with van der Waals surface area (Å²) in [6.07, 6.45) is 0.679. The molecule has 3 atom stereocenters. The fourth-order valence-corrected chi connectivity index (χ4v) is 7.82. The van der Waals surface area contributed by atoms with E-state index in [0.29, 0.717) is 30.8 Å². The molecule has 4 aromatic carbocycles. The molecule has 1 aliphatic heterocycles. The summed E-state index contributed by atoms with van der Waals surface area (Å²) in [6, 6.07) is 31.6. The van der Waals surface area contributed by atoms with Gasteiger partial charge in [0, 0.05) is 31.1 Å². The van der Waals surface area contributed by atoms with E-state index in [2.05, 4.69) is 22.8 Å². The average Bonchev–Trinajstić information content (AvgIpc) is 3.48. The average molecular weight is 738 g/mol. The highest BCUT2D eigenvalue weighted by molar-refractivity contribution is 6.30. The minimum atomic E-state index is -1.10. The summed E-state index contributed by atoms with van der Waals surface area (Å²) in [4.78, 5) is 55.0. The van der Waals surface area contributed by atoms with E-state index in [0.717, 1.165) is 33.4 Å². The fraction of sp³-hybridized carbons (Fsp3) is 0.333. The van der Waals surface area contributed by atoms with Gasteiger partial charge in [0.25, 0.3) is 0 Å². The van der Waals surface area contributed by atoms with Gasteiger partial charge in [0.2, 0.25) is 11.8 Å². The number of benzene rings is 4. The van der Waals surface area contributed by atoms with Gasteiger partial charge in [-0.2, -0.15) is 0 Å². The Hall–Kier alpha value is -5.19. The van der Waals surface area contributed by atoms with E-state index in [4.69, 9.17) is 21.1 Å². The Kier molecular flexibility index (Phi) is 12.1. The van der Waals surface area contributed by atoms with E-state index in [1.54, 1.807) is 17.0 Å². The topological polar surface area (TPSA) is 134 Å². The zero-order valence-corrected chi connectivity index (χ0v) is 30.4. The van der Waals surface area contributed by atoms with Gasteiger partial charge in [-0.1, -0.05) is 103 Å². The van der Waals surface area contributed by atoms with E-state index < -0.39 is 35.5 Å². The lowest BCUT2D eigenvalue weighted by molar-refractivity contribution is -0.146. The number of aliphatic carboxylic acids is 1. The maximum absolute atomic E-state index is 14.1. The number of ether oxygens (including phenoxy) is 2. The molecule has 1 aliphatic carbocycles. The predicted molar refractivity (Wildman–Crippen MR) is 202 cm³/mol. The number of alkyl carbamates (subject to hydrolysis) is 1. The number of hydrogen-bond acceptors (Lipinski definition) is 6. The summed E-state index contributed by atoms with van der Waals surface area (Å²) in [7, 11) is 1.44. The van der Waals surface area contributed by atoms with Crippen LogP contribution in [0.5, 0.6) is 0 Å². The molecule has 3 amide bonds. The van der Waals surface area contributed by atoms with Gasteiger partial charge in [0.15, 0.2) is 0 Å². The van der Waals surface area contributed by atoms with Gasteiger partial charge in [0.1, 0.15) is 12.6 Å². The van der Waals surface area contributed by atoms with Crippen LogP contribution in [0, 0.1) is 5.92 Å². The van der Waals surface area contributed by atoms with Gasteiger partial charge in [-0.05, 0) is 71.2 Å². The van der Waals surface area contributed by atoms with Crippen LogP contribution in [0.15, 0.2) is 103 Å². The van der Waals surface area contributed by atoms with Gasteiger partial charge in [-0.25, -0.2) is 4.79 Å². The number of hydrogen-bond donors (Lipinski definition) is 3. The van der Waals surface area contributed by atoms with Crippen molar-refractivity contribution in [2.24, 2.45) is 5.92 Å². The van der Waals surface area contributed by atoms with Gasteiger partial charge >= 0.3 is 12.1 Å². The van der Waals surface area contributed by atoms with Crippen LogP contribution in [-0.4, -0.2) is 78.9 Å². The standard InChI is InChI=1S/C42H44ClN3O7/c1-52-26-37(44-41(51)53-25-36-34-14-7-5-12-32(34)33-13-6-8-15-35(33)36)39(49)45-42(24-29-16-18-31(43)19-17-29)20-9-21-46(27-42)40(50)30(23-38(47)48)22-28-10-3-2-4-11-28/h2-8,10-19,30,36-37H,9,20-27H2,1H3,(H,44,51)(H,45,49)(H,47,48). The van der Waals surface area contributed by atoms with Crippen LogP contribution in [0.4, 0.5) is 4.79 Å². The highest BCUT2D eigenvalue weighted by Crippen LogP contribution is 2.44. The predicted octanol–water partition coefficient (Wildman–Crippen LogP) is 6.25. The highest BCUT2D eigenvalue weighted by Gasteiger charge is 2.42. The molecule has 4 aromatic rings. The van der Waals surface area contributed by atoms with Crippen LogP contribution >= 0.6 is 11.6 Å². The lowest BCUT2D eigenvalue weighted by atomic mass is 9.82. The van der Waals surface area contributed by atoms with Gasteiger partial charge < -0.3 is 30.1 Å². The molecule has 276 valence electrons. The number of methoxy groups -OCH3 is 1. The molecule has 3 N–H and O–H groups in total. The minimum absolute atomic E-state index is 0.0826. The zero-order valence-electron chi connectivity index (χ0n) is 29.6. The fourth-order valence-electron chi connectivity index (χ4n) is 7.70. The smallest absolute Gasteiger partial charge is 0.407 e. The van der Waals surface area contributed by atoms with E-state index >= 15 is 0 Å². The molecular weight excluding hydrogens is 694 g/mol. The first-order valence-corrected chi connectivity index (χ1v) is 18.2. The van der Waals surface area contributed by atoms with Gasteiger partial charge in [-0.3, -0.25) is 14.4 Å². The van der Waals surface area contributed by atoms with Gasteiger partial charge in [-0.15, -0.1) is 0 Å². The number of rotatable bonds is 14. The molecule has 1 heterocycles. The molecule has 11 heteroatoms. The summed E-state index contributed by atoms with van der Waals surface area (Å²) >= 11 is 6.19. The normalized spacial score (nSPS) is 17.6. The van der Waals surface area contributed by atoms with Gasteiger partial charge in [0.05, 0.1) is 24.5 Å². The molecule has 0 saturated carbocycles. The molecule has 0 aromatic heterocycles. The summed E-state index contributed by atoms with van der Waals surface area (Å²) in [6.45, 7) is 0.532. The molecule has 53 heavy (non-hydrogen) atoms. The van der Waals surface area contributed by atoms with Crippen molar-refractivity contribution in [1.29, 1.82) is 0 Å². The van der Waals surface area contributed by atoms with Crippen molar-refractivity contribution in [1.82, 2.24) is 15.5 Å². The number of carbonyl (C=O) groups is 4. The Morgan fingerprint density at radius 3 is 2.17 bits per heavy atom. The third kappa shape index (κ3) is 9.25. The van der Waals surface area contributed by atoms with Crippen molar-refractivity contribution >= 4 is 35.5 Å². The number of amides is 3. The second-order valence-corrected chi connectivity index (χ2v) is 14.3. The van der Waals surface area contributed by atoms with Crippen molar-refractivity contribution in [2.45, 2.75) is 49.6 Å². The first kappa shape index (κ1) is 37.6. The SMILES string of the molecule is COCC(NC(=O)OCC1c2ccccc2-c2ccccc21)C(=O)NC1(Cc2ccc(Cl)cc2)CCCN(C(=O)C(CC(=O)O)Cc2ccccc2)C1. The maximum Gasteiger partial charge on any atom is 0.407 e. The number of nitrogens with one attached hydrogen (secondary N) is 2. The number of carboxylic acids is 1. The highest BCUT2D eigenvalue weighted by atomic mass is 35.5. The van der Waals surface area contributed by atoms with Crippen molar-refractivity contribution in [3.8, 4) is 11.1 Å². The molecule has 0 bridgehead atoms. The monoisotopic (exact) mass is 737 g/mol. The van der Waals surface area contributed by atoms with Crippen LogP contribution in [0.3, 0.4) is 0 Å². The third-order valence-electron chi connectivity index (χ3n) is 10.1. The molecular formula is C42H44ClN3O7. The number of carbonyl (C=O) groups excluding carboxylic acids is 3. The molecule has 1 fully saturated rings. The number of nitrogens with zero attached hydrogens (tertiary/aromatic N) is 1. The second kappa shape index (κ2) is 17.1. The molecule has 10 nitrogen and oxygen atoms in total. The van der Waals surface area contributed by atoms with Crippen molar-refractivity contribution in [3.63, 3.8) is 0 Å². The van der Waals surface area contributed by atoms with Crippen LogP contribution in [-0.2, 0) is 36.7 Å². The van der Waals surface area contributed by atoms with Crippen LogP contribution < -0.4 is 10.6 Å². The van der Waals surface area contributed by atoms with Crippen LogP contribution in [0.2, 0.25) is 5.02 Å². The van der Waals surface area contributed by atoms with Crippen molar-refractivity contribution < 1.29 is 33.8 Å². The number of likely N-dealkylation sites (tertiary alicyclic amines) is 1. The molecule has 1 saturated heterocycles. The van der Waals surface area contributed by atoms with Crippen molar-refractivity contribution in [2.75, 3.05) is 33.4 Å². The Balaban J connectivity index is 1.18. The minimum Gasteiger partial charge on any atom is -0.481 e. The lowest BCUT2D eigenvalue weighted by Gasteiger charge is -2.45. The summed E-state index contributed by atoms with van der Waals surface area (Å²) in [5, 5.41) is 16.2. The number of fused-ring (bicyclic) bond motifs is 3.